The number of ether oxygens (including phenoxy) is 1. The van der Waals surface area contributed by atoms with Gasteiger partial charge in [-0.3, -0.25) is 4.98 Å². The second-order valence-corrected chi connectivity index (χ2v) is 4.90. The second kappa shape index (κ2) is 4.70. The van der Waals surface area contributed by atoms with Crippen LogP contribution < -0.4 is 4.74 Å². The normalized spacial score (nSPS) is 10.5. The van der Waals surface area contributed by atoms with Crippen molar-refractivity contribution in [3.05, 3.63) is 53.7 Å². The number of carboxylic acids is 1. The maximum atomic E-state index is 11.3. The smallest absolute Gasteiger partial charge is 0.349 e. The summed E-state index contributed by atoms with van der Waals surface area (Å²) in [7, 11) is 0. The molecular formula is C14H9NO3S. The van der Waals surface area contributed by atoms with Crippen LogP contribution in [0.4, 0.5) is 0 Å². The van der Waals surface area contributed by atoms with Crippen molar-refractivity contribution in [2.24, 2.45) is 0 Å². The highest BCUT2D eigenvalue weighted by Gasteiger charge is 2.19. The van der Waals surface area contributed by atoms with E-state index in [4.69, 9.17) is 4.74 Å². The minimum Gasteiger partial charge on any atom is -0.477 e. The molecule has 3 aromatic rings. The summed E-state index contributed by atoms with van der Waals surface area (Å²) in [5.41, 5.74) is 0. The van der Waals surface area contributed by atoms with E-state index in [1.54, 1.807) is 30.6 Å². The number of thiophene rings is 1. The Balaban J connectivity index is 2.15. The molecule has 0 saturated carbocycles. The summed E-state index contributed by atoms with van der Waals surface area (Å²) in [5, 5.41) is 10.0. The molecule has 3 rings (SSSR count). The minimum absolute atomic E-state index is 0.187. The maximum absolute atomic E-state index is 11.3. The number of rotatable bonds is 3. The lowest BCUT2D eigenvalue weighted by Crippen LogP contribution is -1.95. The largest absolute Gasteiger partial charge is 0.477 e. The van der Waals surface area contributed by atoms with E-state index in [1.165, 1.54) is 0 Å². The van der Waals surface area contributed by atoms with Crippen LogP contribution in [0.1, 0.15) is 9.67 Å². The van der Waals surface area contributed by atoms with Crippen LogP contribution in [0.5, 0.6) is 11.5 Å². The number of aromatic nitrogens is 1. The van der Waals surface area contributed by atoms with E-state index in [-0.39, 0.29) is 4.88 Å². The van der Waals surface area contributed by atoms with Gasteiger partial charge in [0.15, 0.2) is 10.6 Å². The first kappa shape index (κ1) is 11.7. The molecule has 0 aliphatic rings. The number of fused-ring (bicyclic) bond motifs is 1. The summed E-state index contributed by atoms with van der Waals surface area (Å²) in [6.45, 7) is 0. The van der Waals surface area contributed by atoms with Gasteiger partial charge in [0, 0.05) is 17.8 Å². The fraction of sp³-hybridized carbons (Fsp3) is 0. The summed E-state index contributed by atoms with van der Waals surface area (Å²) in [5.74, 6) is -0.00487. The minimum atomic E-state index is -0.993. The lowest BCUT2D eigenvalue weighted by molar-refractivity contribution is 0.0700. The van der Waals surface area contributed by atoms with E-state index in [9.17, 15) is 9.90 Å². The van der Waals surface area contributed by atoms with E-state index in [0.29, 0.717) is 11.5 Å². The maximum Gasteiger partial charge on any atom is 0.349 e. The summed E-state index contributed by atoms with van der Waals surface area (Å²) in [6.07, 6.45) is 3.27. The predicted octanol–water partition coefficient (Wildman–Crippen LogP) is 3.79. The van der Waals surface area contributed by atoms with Crippen molar-refractivity contribution in [2.75, 3.05) is 0 Å². The number of benzene rings is 1. The number of hydrogen-bond acceptors (Lipinski definition) is 4. The van der Waals surface area contributed by atoms with Gasteiger partial charge in [-0.05, 0) is 18.2 Å². The van der Waals surface area contributed by atoms with Crippen LogP contribution in [-0.4, -0.2) is 16.1 Å². The number of para-hydroxylation sites is 1. The van der Waals surface area contributed by atoms with Crippen molar-refractivity contribution >= 4 is 27.4 Å². The number of carboxylic acid groups (broad SMARTS) is 1. The average Bonchev–Trinajstić information content (AvgIpc) is 2.79. The molecule has 0 atom stereocenters. The van der Waals surface area contributed by atoms with Crippen LogP contribution in [-0.2, 0) is 0 Å². The predicted molar refractivity (Wildman–Crippen MR) is 73.1 cm³/mol. The van der Waals surface area contributed by atoms with Gasteiger partial charge in [0.2, 0.25) is 0 Å². The van der Waals surface area contributed by atoms with Crippen molar-refractivity contribution in [1.82, 2.24) is 4.98 Å². The molecule has 1 aromatic carbocycles. The first-order valence-electron chi connectivity index (χ1n) is 5.58. The summed E-state index contributed by atoms with van der Waals surface area (Å²) < 4.78 is 6.52. The zero-order chi connectivity index (χ0) is 13.2. The molecular weight excluding hydrogens is 262 g/mol. The molecule has 0 radical (unpaired) electrons. The van der Waals surface area contributed by atoms with E-state index in [2.05, 4.69) is 4.98 Å². The Kier molecular flexibility index (Phi) is 2.89. The Bertz CT molecular complexity index is 737. The van der Waals surface area contributed by atoms with Crippen molar-refractivity contribution < 1.29 is 14.6 Å². The lowest BCUT2D eigenvalue weighted by Gasteiger charge is -2.05. The number of hydrogen-bond donors (Lipinski definition) is 1. The zero-order valence-corrected chi connectivity index (χ0v) is 10.6. The molecule has 5 heteroatoms. The molecule has 0 bridgehead atoms. The molecule has 1 N–H and O–H groups in total. The highest BCUT2D eigenvalue weighted by Crippen LogP contribution is 2.39. The van der Waals surface area contributed by atoms with Crippen LogP contribution in [0.2, 0.25) is 0 Å². The Morgan fingerprint density at radius 1 is 1.21 bits per heavy atom. The van der Waals surface area contributed by atoms with Gasteiger partial charge >= 0.3 is 5.97 Å². The molecule has 94 valence electrons. The van der Waals surface area contributed by atoms with Gasteiger partial charge in [-0.1, -0.05) is 18.2 Å². The molecule has 0 unspecified atom stereocenters. The zero-order valence-electron chi connectivity index (χ0n) is 9.74. The Morgan fingerprint density at radius 2 is 2.00 bits per heavy atom. The third-order valence-electron chi connectivity index (χ3n) is 2.60. The van der Waals surface area contributed by atoms with Gasteiger partial charge in [0.1, 0.15) is 5.75 Å². The van der Waals surface area contributed by atoms with E-state index in [1.807, 2.05) is 18.2 Å². The van der Waals surface area contributed by atoms with Gasteiger partial charge in [-0.2, -0.15) is 0 Å². The molecule has 2 heterocycles. The van der Waals surface area contributed by atoms with E-state index < -0.39 is 5.97 Å². The van der Waals surface area contributed by atoms with Crippen molar-refractivity contribution in [2.45, 2.75) is 0 Å². The molecule has 19 heavy (non-hydrogen) atoms. The summed E-state index contributed by atoms with van der Waals surface area (Å²) in [6, 6.07) is 10.9. The quantitative estimate of drug-likeness (QED) is 0.787. The first-order valence-corrected chi connectivity index (χ1v) is 6.40. The van der Waals surface area contributed by atoms with Gasteiger partial charge in [-0.25, -0.2) is 4.79 Å². The first-order chi connectivity index (χ1) is 9.25. The van der Waals surface area contributed by atoms with Crippen molar-refractivity contribution in [3.63, 3.8) is 0 Å². The second-order valence-electron chi connectivity index (χ2n) is 3.85. The number of pyridine rings is 1. The van der Waals surface area contributed by atoms with E-state index >= 15 is 0 Å². The van der Waals surface area contributed by atoms with Gasteiger partial charge in [0.05, 0.1) is 4.70 Å². The number of aromatic carboxylic acids is 1. The van der Waals surface area contributed by atoms with Crippen LogP contribution in [0, 0.1) is 0 Å². The van der Waals surface area contributed by atoms with Gasteiger partial charge in [-0.15, -0.1) is 11.3 Å². The molecule has 0 fully saturated rings. The van der Waals surface area contributed by atoms with Crippen LogP contribution >= 0.6 is 11.3 Å². The van der Waals surface area contributed by atoms with Crippen molar-refractivity contribution in [3.8, 4) is 11.5 Å². The van der Waals surface area contributed by atoms with Gasteiger partial charge in [0.25, 0.3) is 0 Å². The highest BCUT2D eigenvalue weighted by atomic mass is 32.1. The molecule has 0 spiro atoms. The monoisotopic (exact) mass is 271 g/mol. The van der Waals surface area contributed by atoms with Crippen LogP contribution in [0.25, 0.3) is 10.1 Å². The summed E-state index contributed by atoms with van der Waals surface area (Å²) in [4.78, 5) is 15.5. The molecule has 2 aromatic heterocycles. The molecule has 0 saturated heterocycles. The third-order valence-corrected chi connectivity index (χ3v) is 3.71. The SMILES string of the molecule is O=C(O)c1sc2cnccc2c1Oc1ccccc1. The van der Waals surface area contributed by atoms with Crippen LogP contribution in [0.3, 0.4) is 0 Å². The Morgan fingerprint density at radius 3 is 2.74 bits per heavy atom. The Labute approximate surface area is 112 Å². The molecule has 0 aliphatic carbocycles. The lowest BCUT2D eigenvalue weighted by atomic mass is 10.2. The molecule has 4 nitrogen and oxygen atoms in total. The standard InChI is InChI=1S/C14H9NO3S/c16-14(17)13-12(18-9-4-2-1-3-5-9)10-6-7-15-8-11(10)19-13/h1-8H,(H,16,17). The molecule has 0 amide bonds. The number of carbonyl (C=O) groups is 1. The highest BCUT2D eigenvalue weighted by molar-refractivity contribution is 7.21. The van der Waals surface area contributed by atoms with Crippen molar-refractivity contribution in [1.29, 1.82) is 0 Å². The van der Waals surface area contributed by atoms with E-state index in [0.717, 1.165) is 21.4 Å². The molecule has 0 aliphatic heterocycles. The fourth-order valence-electron chi connectivity index (χ4n) is 1.78. The average molecular weight is 271 g/mol. The van der Waals surface area contributed by atoms with Crippen LogP contribution in [0.15, 0.2) is 48.8 Å². The third kappa shape index (κ3) is 2.15. The van der Waals surface area contributed by atoms with Gasteiger partial charge < -0.3 is 9.84 Å². The number of nitrogens with zero attached hydrogens (tertiary/aromatic N) is 1. The topological polar surface area (TPSA) is 59.4 Å². The summed E-state index contributed by atoms with van der Waals surface area (Å²) >= 11 is 1.16. The Hall–Kier alpha value is -2.40. The fourth-order valence-corrected chi connectivity index (χ4v) is 2.71.